The SMILES string of the molecule is FB(F)F.O=[N+]([O-])O. The zero-order valence-electron chi connectivity index (χ0n) is 3.42. The van der Waals surface area contributed by atoms with Gasteiger partial charge in [0.2, 0.25) is 0 Å². The van der Waals surface area contributed by atoms with Crippen LogP contribution in [0.5, 0.6) is 0 Å². The lowest BCUT2D eigenvalue weighted by Crippen LogP contribution is -1.81. The molecular weight excluding hydrogens is 130 g/mol. The maximum Gasteiger partial charge on any atom is 0.762 e. The minimum Gasteiger partial charge on any atom is -0.328 e. The van der Waals surface area contributed by atoms with E-state index in [9.17, 15) is 12.9 Å². The Morgan fingerprint density at radius 1 is 1.50 bits per heavy atom. The van der Waals surface area contributed by atoms with Crippen LogP contribution in [0.2, 0.25) is 0 Å². The molecule has 48 valence electrons. The van der Waals surface area contributed by atoms with E-state index in [4.69, 9.17) is 15.3 Å². The fraction of sp³-hybridized carbons (Fsp3) is 0. The van der Waals surface area contributed by atoms with Crippen molar-refractivity contribution in [3.05, 3.63) is 10.1 Å². The predicted molar refractivity (Wildman–Crippen MR) is 17.9 cm³/mol. The molecule has 0 aromatic heterocycles. The summed E-state index contributed by atoms with van der Waals surface area (Å²) in [5, 5.41) is 13.6. The van der Waals surface area contributed by atoms with Gasteiger partial charge < -0.3 is 5.21 Å². The molecule has 0 spiro atoms. The maximum atomic E-state index is 9.67. The molecule has 0 saturated carbocycles. The van der Waals surface area contributed by atoms with Crippen LogP contribution in [-0.4, -0.2) is 17.8 Å². The van der Waals surface area contributed by atoms with E-state index in [0.717, 1.165) is 0 Å². The van der Waals surface area contributed by atoms with Gasteiger partial charge in [0.1, 0.15) is 0 Å². The van der Waals surface area contributed by atoms with E-state index >= 15 is 0 Å². The second-order valence-corrected chi connectivity index (χ2v) is 0.485. The molecule has 0 aliphatic carbocycles. The predicted octanol–water partition coefficient (Wildman–Crippen LogP) is 0.532. The molecular formula is HBF3NO3. The summed E-state index contributed by atoms with van der Waals surface area (Å²) in [6.07, 6.45) is 0. The van der Waals surface area contributed by atoms with Crippen LogP contribution in [-0.2, 0) is 0 Å². The molecule has 8 heavy (non-hydrogen) atoms. The molecule has 0 heterocycles. The minimum atomic E-state index is -3.67. The zero-order chi connectivity index (χ0) is 7.15. The van der Waals surface area contributed by atoms with E-state index < -0.39 is 12.6 Å². The van der Waals surface area contributed by atoms with Gasteiger partial charge in [-0.3, -0.25) is 12.9 Å². The number of rotatable bonds is 0. The van der Waals surface area contributed by atoms with E-state index in [1.165, 1.54) is 0 Å². The van der Waals surface area contributed by atoms with E-state index in [1.807, 2.05) is 0 Å². The van der Waals surface area contributed by atoms with Crippen molar-refractivity contribution in [1.82, 2.24) is 0 Å². The molecule has 0 aromatic rings. The average molecular weight is 131 g/mol. The Labute approximate surface area is 42.2 Å². The molecule has 0 aliphatic heterocycles. The molecule has 0 bridgehead atoms. The second-order valence-electron chi connectivity index (χ2n) is 0.485. The summed E-state index contributed by atoms with van der Waals surface area (Å²) >= 11 is 0. The molecule has 0 saturated heterocycles. The third-order valence-corrected chi connectivity index (χ3v) is 0. The monoisotopic (exact) mass is 131 g/mol. The van der Waals surface area contributed by atoms with Crippen molar-refractivity contribution in [1.29, 1.82) is 0 Å². The first-order chi connectivity index (χ1) is 3.46. The van der Waals surface area contributed by atoms with Crippen LogP contribution < -0.4 is 0 Å². The topological polar surface area (TPSA) is 63.4 Å². The first-order valence-corrected chi connectivity index (χ1v) is 1.22. The zero-order valence-corrected chi connectivity index (χ0v) is 3.42. The summed E-state index contributed by atoms with van der Waals surface area (Å²) in [5.41, 5.74) is 0. The van der Waals surface area contributed by atoms with Crippen LogP contribution in [0.25, 0.3) is 0 Å². The Bertz CT molecular complexity index is 58.8. The number of hydrogen-bond donors (Lipinski definition) is 1. The molecule has 1 N–H and O–H groups in total. The van der Waals surface area contributed by atoms with E-state index in [1.54, 1.807) is 0 Å². The van der Waals surface area contributed by atoms with Crippen molar-refractivity contribution in [2.24, 2.45) is 0 Å². The highest BCUT2D eigenvalue weighted by atomic mass is 19.4. The van der Waals surface area contributed by atoms with Gasteiger partial charge in [-0.25, -0.2) is 0 Å². The van der Waals surface area contributed by atoms with Crippen molar-refractivity contribution in [2.45, 2.75) is 0 Å². The lowest BCUT2D eigenvalue weighted by atomic mass is 10.5. The number of halogens is 3. The largest absolute Gasteiger partial charge is 0.762 e. The Kier molecular flexibility index (Phi) is 7.66. The first-order valence-electron chi connectivity index (χ1n) is 1.22. The summed E-state index contributed by atoms with van der Waals surface area (Å²) in [4.78, 5) is 8.36. The Morgan fingerprint density at radius 2 is 1.50 bits per heavy atom. The normalized spacial score (nSPS) is 6.38. The molecule has 4 nitrogen and oxygen atoms in total. The van der Waals surface area contributed by atoms with E-state index in [0.29, 0.717) is 0 Å². The summed E-state index contributed by atoms with van der Waals surface area (Å²) in [7, 11) is -3.67. The average Bonchev–Trinajstić information content (AvgIpc) is 1.25. The highest BCUT2D eigenvalue weighted by Gasteiger charge is 2.06. The quantitative estimate of drug-likeness (QED) is 0.296. The van der Waals surface area contributed by atoms with Gasteiger partial charge in [-0.1, -0.05) is 0 Å². The highest BCUT2D eigenvalue weighted by Crippen LogP contribution is 1.80. The third kappa shape index (κ3) is 93.1. The molecule has 0 rings (SSSR count). The first kappa shape index (κ1) is 10.1. The molecule has 0 unspecified atom stereocenters. The van der Waals surface area contributed by atoms with E-state index in [2.05, 4.69) is 0 Å². The van der Waals surface area contributed by atoms with Gasteiger partial charge in [0.25, 0.3) is 5.09 Å². The van der Waals surface area contributed by atoms with Gasteiger partial charge >= 0.3 is 7.54 Å². The number of nitrogens with zero attached hydrogens (tertiary/aromatic N) is 1. The standard InChI is InChI=1S/BF3.HNO3/c2*2-1(3)4/h;(H,2,3,4). The molecule has 0 aromatic carbocycles. The highest BCUT2D eigenvalue weighted by molar-refractivity contribution is 6.33. The van der Waals surface area contributed by atoms with Crippen LogP contribution in [0.4, 0.5) is 12.9 Å². The fourth-order valence-electron chi connectivity index (χ4n) is 0. The third-order valence-electron chi connectivity index (χ3n) is 0. The van der Waals surface area contributed by atoms with Crippen LogP contribution in [0.15, 0.2) is 0 Å². The maximum absolute atomic E-state index is 9.67. The van der Waals surface area contributed by atoms with Gasteiger partial charge in [0, 0.05) is 0 Å². The van der Waals surface area contributed by atoms with Crippen molar-refractivity contribution in [3.8, 4) is 0 Å². The van der Waals surface area contributed by atoms with E-state index in [-0.39, 0.29) is 0 Å². The molecule has 0 atom stereocenters. The van der Waals surface area contributed by atoms with Crippen molar-refractivity contribution >= 4 is 7.54 Å². The Hall–Kier alpha value is -0.945. The summed E-state index contributed by atoms with van der Waals surface area (Å²) < 4.78 is 29.0. The molecule has 8 heteroatoms. The lowest BCUT2D eigenvalue weighted by Gasteiger charge is -1.56. The minimum absolute atomic E-state index is 1.50. The molecule has 0 aliphatic rings. The van der Waals surface area contributed by atoms with Gasteiger partial charge in [0.05, 0.1) is 0 Å². The van der Waals surface area contributed by atoms with Crippen molar-refractivity contribution in [3.63, 3.8) is 0 Å². The van der Waals surface area contributed by atoms with Gasteiger partial charge in [-0.05, 0) is 0 Å². The molecule has 0 radical (unpaired) electrons. The van der Waals surface area contributed by atoms with Gasteiger partial charge in [0.15, 0.2) is 0 Å². The molecule has 0 fully saturated rings. The van der Waals surface area contributed by atoms with Crippen LogP contribution in [0, 0.1) is 10.1 Å². The van der Waals surface area contributed by atoms with Crippen molar-refractivity contribution < 1.29 is 23.2 Å². The van der Waals surface area contributed by atoms with Gasteiger partial charge in [-0.2, -0.15) is 0 Å². The molecule has 0 amide bonds. The summed E-state index contributed by atoms with van der Waals surface area (Å²) in [6.45, 7) is 0. The lowest BCUT2D eigenvalue weighted by molar-refractivity contribution is -0.742. The summed E-state index contributed by atoms with van der Waals surface area (Å²) in [5.74, 6) is 0. The Balaban J connectivity index is 0. The van der Waals surface area contributed by atoms with Crippen LogP contribution >= 0.6 is 0 Å². The Morgan fingerprint density at radius 3 is 1.50 bits per heavy atom. The fourth-order valence-corrected chi connectivity index (χ4v) is 0. The van der Waals surface area contributed by atoms with Crippen molar-refractivity contribution in [2.75, 3.05) is 0 Å². The van der Waals surface area contributed by atoms with Gasteiger partial charge in [-0.15, -0.1) is 10.1 Å². The van der Waals surface area contributed by atoms with Crippen LogP contribution in [0.1, 0.15) is 0 Å². The summed E-state index contributed by atoms with van der Waals surface area (Å²) in [6, 6.07) is 0. The number of hydrogen-bond acceptors (Lipinski definition) is 2. The van der Waals surface area contributed by atoms with Crippen LogP contribution in [0.3, 0.4) is 0 Å². The smallest absolute Gasteiger partial charge is 0.328 e. The second kappa shape index (κ2) is 6.05.